The van der Waals surface area contributed by atoms with Crippen LogP contribution in [0.4, 0.5) is 8.78 Å². The van der Waals surface area contributed by atoms with Gasteiger partial charge in [0, 0.05) is 35.1 Å². The number of pyridine rings is 1. The molecule has 7 nitrogen and oxygen atoms in total. The Morgan fingerprint density at radius 3 is 2.54 bits per heavy atom. The van der Waals surface area contributed by atoms with E-state index in [0.717, 1.165) is 5.56 Å². The van der Waals surface area contributed by atoms with Crippen molar-refractivity contribution in [3.8, 4) is 17.2 Å². The molecule has 0 radical (unpaired) electrons. The Bertz CT molecular complexity index is 958. The second kappa shape index (κ2) is 9.75. The van der Waals surface area contributed by atoms with Crippen molar-refractivity contribution in [2.75, 3.05) is 14.2 Å². The van der Waals surface area contributed by atoms with Gasteiger partial charge in [0.1, 0.15) is 5.75 Å². The molecule has 0 fully saturated rings. The van der Waals surface area contributed by atoms with Gasteiger partial charge in [-0.3, -0.25) is 9.97 Å². The third kappa shape index (κ3) is 4.87. The molecule has 0 amide bonds. The van der Waals surface area contributed by atoms with Gasteiger partial charge in [0.25, 0.3) is 0 Å². The van der Waals surface area contributed by atoms with Crippen LogP contribution < -0.4 is 14.2 Å². The summed E-state index contributed by atoms with van der Waals surface area (Å²) in [5.41, 5.74) is 2.24. The number of hydrogen-bond acceptors (Lipinski definition) is 6. The second-order valence-electron chi connectivity index (χ2n) is 5.52. The third-order valence-corrected chi connectivity index (χ3v) is 5.08. The molecule has 28 heavy (non-hydrogen) atoms. The predicted octanol–water partition coefficient (Wildman–Crippen LogP) is 2.54. The number of alkyl halides is 2. The molecule has 0 aliphatic heterocycles. The Labute approximate surface area is 185 Å². The van der Waals surface area contributed by atoms with E-state index in [9.17, 15) is 13.3 Å². The van der Waals surface area contributed by atoms with Gasteiger partial charge in [-0.05, 0) is 13.0 Å². The summed E-state index contributed by atoms with van der Waals surface area (Å²) in [5.74, 6) is 0.753. The second-order valence-corrected chi connectivity index (χ2v) is 6.88. The van der Waals surface area contributed by atoms with Crippen molar-refractivity contribution in [2.45, 2.75) is 24.4 Å². The van der Waals surface area contributed by atoms with Gasteiger partial charge in [-0.1, -0.05) is 0 Å². The van der Waals surface area contributed by atoms with Crippen LogP contribution in [-0.4, -0.2) is 69.9 Å². The quantitative estimate of drug-likeness (QED) is 0.466. The first-order chi connectivity index (χ1) is 12.9. The number of aromatic amines is 1. The Kier molecular flexibility index (Phi) is 7.90. The van der Waals surface area contributed by atoms with Gasteiger partial charge in [-0.25, -0.2) is 0 Å². The summed E-state index contributed by atoms with van der Waals surface area (Å²) in [4.78, 5) is 11.4. The standard InChI is InChI=1S/C17H17F2N3O4S.Na.H/c1-9-12(20-5-4-13(9)24-2)8-27(23)17-21-10-6-14(25-3)15(26-16(18)19)7-11(10)22-17;;/h4-7,16H,8H2,1-3H3,(H,21,22);;. The summed E-state index contributed by atoms with van der Waals surface area (Å²) in [6.45, 7) is -1.17. The number of benzene rings is 1. The number of rotatable bonds is 7. The number of hydrogen-bond donors (Lipinski definition) is 1. The van der Waals surface area contributed by atoms with E-state index in [1.165, 1.54) is 19.2 Å². The molecule has 1 N–H and O–H groups in total. The van der Waals surface area contributed by atoms with E-state index in [4.69, 9.17) is 9.47 Å². The summed E-state index contributed by atoms with van der Waals surface area (Å²) >= 11 is -1.53. The summed E-state index contributed by atoms with van der Waals surface area (Å²) in [5, 5.41) is 0.199. The molecule has 1 atom stereocenters. The Morgan fingerprint density at radius 2 is 1.89 bits per heavy atom. The van der Waals surface area contributed by atoms with Crippen LogP contribution in [0.25, 0.3) is 11.0 Å². The molecule has 3 aromatic rings. The normalized spacial score (nSPS) is 12.0. The first kappa shape index (κ1) is 22.7. The van der Waals surface area contributed by atoms with E-state index in [1.54, 1.807) is 19.4 Å². The Hall–Kier alpha value is -1.59. The van der Waals surface area contributed by atoms with Gasteiger partial charge in [0.15, 0.2) is 17.3 Å². The average Bonchev–Trinajstić information content (AvgIpc) is 3.05. The summed E-state index contributed by atoms with van der Waals surface area (Å²) in [6.07, 6.45) is 1.58. The molecule has 146 valence electrons. The molecular weight excluding hydrogens is 403 g/mol. The molecule has 0 bridgehead atoms. The average molecular weight is 421 g/mol. The fourth-order valence-electron chi connectivity index (χ4n) is 2.57. The van der Waals surface area contributed by atoms with E-state index < -0.39 is 17.8 Å². The van der Waals surface area contributed by atoms with Crippen LogP contribution >= 0.6 is 0 Å². The molecule has 0 saturated heterocycles. The van der Waals surface area contributed by atoms with Crippen LogP contribution in [0.1, 0.15) is 11.3 Å². The summed E-state index contributed by atoms with van der Waals surface area (Å²) < 4.78 is 52.5. The van der Waals surface area contributed by atoms with E-state index in [1.807, 2.05) is 6.92 Å². The SMILES string of the molecule is COc1cc2[nH]c([S+]([O-])Cc3nccc(OC)c3C)nc2cc1OC(F)F.[NaH]. The van der Waals surface area contributed by atoms with E-state index in [2.05, 4.69) is 19.7 Å². The molecule has 0 aliphatic carbocycles. The summed E-state index contributed by atoms with van der Waals surface area (Å²) in [6, 6.07) is 4.50. The molecule has 0 aliphatic rings. The molecule has 0 spiro atoms. The van der Waals surface area contributed by atoms with Crippen LogP contribution in [0.3, 0.4) is 0 Å². The molecule has 2 aromatic heterocycles. The number of fused-ring (bicyclic) bond motifs is 1. The molecule has 0 saturated carbocycles. The first-order valence-electron chi connectivity index (χ1n) is 7.82. The van der Waals surface area contributed by atoms with Crippen molar-refractivity contribution in [1.29, 1.82) is 0 Å². The maximum absolute atomic E-state index is 12.7. The minimum absolute atomic E-state index is 0. The molecule has 2 heterocycles. The number of H-pyrrole nitrogens is 1. The topological polar surface area (TPSA) is 92.3 Å². The number of halogens is 2. The number of methoxy groups -OCH3 is 2. The fraction of sp³-hybridized carbons (Fsp3) is 0.294. The number of nitrogens with zero attached hydrogens (tertiary/aromatic N) is 2. The number of imidazole rings is 1. The third-order valence-electron chi connectivity index (χ3n) is 3.92. The van der Waals surface area contributed by atoms with Gasteiger partial charge in [0.2, 0.25) is 0 Å². The maximum atomic E-state index is 12.7. The van der Waals surface area contributed by atoms with Crippen LogP contribution in [-0.2, 0) is 16.9 Å². The number of nitrogens with one attached hydrogen (secondary N) is 1. The zero-order chi connectivity index (χ0) is 19.6. The van der Waals surface area contributed by atoms with Gasteiger partial charge in [-0.2, -0.15) is 13.8 Å². The van der Waals surface area contributed by atoms with Crippen molar-refractivity contribution in [3.05, 3.63) is 35.7 Å². The van der Waals surface area contributed by atoms with E-state index in [0.29, 0.717) is 22.5 Å². The van der Waals surface area contributed by atoms with E-state index >= 15 is 0 Å². The van der Waals surface area contributed by atoms with Crippen molar-refractivity contribution in [2.24, 2.45) is 0 Å². The Morgan fingerprint density at radius 1 is 1.18 bits per heavy atom. The Balaban J connectivity index is 0.00000280. The molecule has 11 heteroatoms. The van der Waals surface area contributed by atoms with Gasteiger partial charge >= 0.3 is 41.3 Å². The van der Waals surface area contributed by atoms with Crippen LogP contribution in [0, 0.1) is 6.92 Å². The van der Waals surface area contributed by atoms with Crippen LogP contribution in [0.5, 0.6) is 17.2 Å². The number of aromatic nitrogens is 3. The molecule has 1 unspecified atom stereocenters. The van der Waals surface area contributed by atoms with Crippen LogP contribution in [0.2, 0.25) is 0 Å². The van der Waals surface area contributed by atoms with Gasteiger partial charge < -0.3 is 18.8 Å². The molecular formula is C17H18F2N3NaO4S. The van der Waals surface area contributed by atoms with Gasteiger partial charge in [0.05, 0.1) is 30.9 Å². The fourth-order valence-corrected chi connectivity index (χ4v) is 3.67. The van der Waals surface area contributed by atoms with Gasteiger partial charge in [-0.15, -0.1) is 0 Å². The zero-order valence-electron chi connectivity index (χ0n) is 14.8. The number of ether oxygens (including phenoxy) is 3. The predicted molar refractivity (Wildman–Crippen MR) is 102 cm³/mol. The minimum atomic E-state index is -2.99. The molecule has 3 rings (SSSR count). The summed E-state index contributed by atoms with van der Waals surface area (Å²) in [7, 11) is 2.89. The van der Waals surface area contributed by atoms with Crippen molar-refractivity contribution in [1.82, 2.24) is 15.0 Å². The van der Waals surface area contributed by atoms with E-state index in [-0.39, 0.29) is 52.0 Å². The monoisotopic (exact) mass is 421 g/mol. The van der Waals surface area contributed by atoms with Crippen molar-refractivity contribution < 1.29 is 27.5 Å². The first-order valence-corrected chi connectivity index (χ1v) is 9.14. The van der Waals surface area contributed by atoms with Crippen molar-refractivity contribution in [3.63, 3.8) is 0 Å². The van der Waals surface area contributed by atoms with Crippen LogP contribution in [0.15, 0.2) is 29.6 Å². The molecule has 1 aromatic carbocycles. The zero-order valence-corrected chi connectivity index (χ0v) is 15.6. The van der Waals surface area contributed by atoms with Crippen molar-refractivity contribution >= 4 is 51.8 Å².